The summed E-state index contributed by atoms with van der Waals surface area (Å²) in [5, 5.41) is 0. The van der Waals surface area contributed by atoms with Gasteiger partial charge in [0.15, 0.2) is 0 Å². The van der Waals surface area contributed by atoms with E-state index in [1.165, 1.54) is 21.1 Å². The molecule has 0 atom stereocenters. The van der Waals surface area contributed by atoms with E-state index in [2.05, 4.69) is 11.8 Å². The van der Waals surface area contributed by atoms with Crippen molar-refractivity contribution < 1.29 is 9.53 Å². The van der Waals surface area contributed by atoms with Gasteiger partial charge in [-0.05, 0) is 37.0 Å². The molecule has 2 aliphatic heterocycles. The van der Waals surface area contributed by atoms with E-state index in [0.29, 0.717) is 45.3 Å². The van der Waals surface area contributed by atoms with Crippen LogP contribution in [0.15, 0.2) is 34.1 Å². The Morgan fingerprint density at radius 3 is 2.80 bits per heavy atom. The number of hydrogen-bond acceptors (Lipinski definition) is 7. The van der Waals surface area contributed by atoms with Gasteiger partial charge in [-0.1, -0.05) is 37.0 Å². The maximum atomic E-state index is 13.4. The van der Waals surface area contributed by atoms with Gasteiger partial charge in [-0.25, -0.2) is 4.98 Å². The minimum absolute atomic E-state index is 0.184. The van der Waals surface area contributed by atoms with E-state index < -0.39 is 0 Å². The lowest BCUT2D eigenvalue weighted by atomic mass is 9.99. The first-order chi connectivity index (χ1) is 14.5. The van der Waals surface area contributed by atoms with Gasteiger partial charge in [0.1, 0.15) is 15.8 Å². The molecule has 2 aromatic rings. The van der Waals surface area contributed by atoms with Crippen LogP contribution in [0.4, 0.5) is 5.82 Å². The predicted molar refractivity (Wildman–Crippen MR) is 124 cm³/mol. The average Bonchev–Trinajstić information content (AvgIpc) is 3.01. The lowest BCUT2D eigenvalue weighted by Gasteiger charge is -2.32. The Balaban J connectivity index is 1.79. The van der Waals surface area contributed by atoms with Crippen LogP contribution in [-0.4, -0.2) is 57.9 Å². The Morgan fingerprint density at radius 1 is 1.30 bits per heavy atom. The van der Waals surface area contributed by atoms with Gasteiger partial charge in [0.05, 0.1) is 23.6 Å². The van der Waals surface area contributed by atoms with Gasteiger partial charge in [0.2, 0.25) is 0 Å². The predicted octanol–water partition coefficient (Wildman–Crippen LogP) is 2.78. The molecule has 0 N–H and O–H groups in total. The normalized spacial score (nSPS) is 19.5. The summed E-state index contributed by atoms with van der Waals surface area (Å²) in [5.74, 6) is 1.10. The Bertz CT molecular complexity index is 1070. The molecule has 4 heterocycles. The van der Waals surface area contributed by atoms with E-state index in [-0.39, 0.29) is 11.5 Å². The number of thioether (sulfide) groups is 1. The summed E-state index contributed by atoms with van der Waals surface area (Å²) >= 11 is 6.58. The number of aromatic nitrogens is 2. The molecule has 2 aliphatic rings. The number of nitrogens with zero attached hydrogens (tertiary/aromatic N) is 4. The van der Waals surface area contributed by atoms with Crippen molar-refractivity contribution in [2.75, 3.05) is 38.3 Å². The molecule has 4 rings (SSSR count). The third-order valence-electron chi connectivity index (χ3n) is 5.50. The molecule has 0 aliphatic carbocycles. The van der Waals surface area contributed by atoms with Gasteiger partial charge in [-0.3, -0.25) is 18.9 Å². The third kappa shape index (κ3) is 4.01. The fraction of sp³-hybridized carbons (Fsp3) is 0.429. The number of methoxy groups -OCH3 is 1. The zero-order chi connectivity index (χ0) is 21.3. The van der Waals surface area contributed by atoms with Gasteiger partial charge in [0, 0.05) is 26.4 Å². The summed E-state index contributed by atoms with van der Waals surface area (Å²) < 4.78 is 7.07. The SMILES string of the molecule is COCCN1C(=O)/C(=C/c2c(N3CCC(C)CC3)nc3ccccn3c2=O)SC1=S. The number of amides is 1. The van der Waals surface area contributed by atoms with Crippen LogP contribution in [0, 0.1) is 5.92 Å². The summed E-state index contributed by atoms with van der Waals surface area (Å²) in [6.45, 7) is 4.71. The maximum absolute atomic E-state index is 13.4. The molecule has 0 bridgehead atoms. The molecule has 0 spiro atoms. The van der Waals surface area contributed by atoms with E-state index in [0.717, 1.165) is 25.9 Å². The highest BCUT2D eigenvalue weighted by Crippen LogP contribution is 2.34. The number of thiocarbonyl (C=S) groups is 1. The molecule has 7 nitrogen and oxygen atoms in total. The van der Waals surface area contributed by atoms with Crippen LogP contribution in [0.2, 0.25) is 0 Å². The lowest BCUT2D eigenvalue weighted by molar-refractivity contribution is -0.122. The fourth-order valence-corrected chi connectivity index (χ4v) is 4.98. The largest absolute Gasteiger partial charge is 0.383 e. The molecule has 0 radical (unpaired) electrons. The Hall–Kier alpha value is -2.23. The summed E-state index contributed by atoms with van der Waals surface area (Å²) in [7, 11) is 1.58. The number of ether oxygens (including phenoxy) is 1. The standard InChI is InChI=1S/C21H24N4O3S2/c1-14-6-9-23(10-7-14)18-15(19(26)24-8-4-3-5-17(24)22-18)13-16-20(27)25(11-12-28-2)21(29)30-16/h3-5,8,13-14H,6-7,9-12H2,1-2H3/b16-13-. The van der Waals surface area contributed by atoms with Crippen LogP contribution < -0.4 is 10.5 Å². The number of carbonyl (C=O) groups is 1. The third-order valence-corrected chi connectivity index (χ3v) is 6.88. The van der Waals surface area contributed by atoms with Crippen molar-refractivity contribution in [3.05, 3.63) is 45.2 Å². The molecule has 9 heteroatoms. The molecule has 158 valence electrons. The molecule has 0 unspecified atom stereocenters. The second kappa shape index (κ2) is 8.87. The minimum Gasteiger partial charge on any atom is -0.383 e. The van der Waals surface area contributed by atoms with Gasteiger partial charge in [0.25, 0.3) is 11.5 Å². The topological polar surface area (TPSA) is 67.2 Å². The Kier molecular flexibility index (Phi) is 6.21. The van der Waals surface area contributed by atoms with Crippen LogP contribution in [0.3, 0.4) is 0 Å². The number of fused-ring (bicyclic) bond motifs is 1. The molecule has 2 aromatic heterocycles. The highest BCUT2D eigenvalue weighted by atomic mass is 32.2. The monoisotopic (exact) mass is 444 g/mol. The summed E-state index contributed by atoms with van der Waals surface area (Å²) in [4.78, 5) is 35.1. The molecule has 0 saturated carbocycles. The second-order valence-corrected chi connectivity index (χ2v) is 9.25. The van der Waals surface area contributed by atoms with E-state index in [1.54, 1.807) is 25.4 Å². The molecular formula is C21H24N4O3S2. The second-order valence-electron chi connectivity index (χ2n) is 7.58. The van der Waals surface area contributed by atoms with Crippen molar-refractivity contribution in [3.63, 3.8) is 0 Å². The number of anilines is 1. The smallest absolute Gasteiger partial charge is 0.267 e. The van der Waals surface area contributed by atoms with Gasteiger partial charge < -0.3 is 9.64 Å². The van der Waals surface area contributed by atoms with E-state index >= 15 is 0 Å². The fourth-order valence-electron chi connectivity index (χ4n) is 3.69. The molecular weight excluding hydrogens is 420 g/mol. The first-order valence-corrected chi connectivity index (χ1v) is 11.2. The van der Waals surface area contributed by atoms with E-state index in [4.69, 9.17) is 21.9 Å². The van der Waals surface area contributed by atoms with Gasteiger partial charge in [-0.15, -0.1) is 0 Å². The van der Waals surface area contributed by atoms with Crippen molar-refractivity contribution >= 4 is 51.7 Å². The number of rotatable bonds is 5. The van der Waals surface area contributed by atoms with E-state index in [1.807, 2.05) is 12.1 Å². The number of piperidine rings is 1. The first kappa shape index (κ1) is 21.0. The van der Waals surface area contributed by atoms with Gasteiger partial charge in [-0.2, -0.15) is 0 Å². The van der Waals surface area contributed by atoms with Crippen LogP contribution in [0.5, 0.6) is 0 Å². The van der Waals surface area contributed by atoms with Crippen molar-refractivity contribution in [2.24, 2.45) is 5.92 Å². The summed E-state index contributed by atoms with van der Waals surface area (Å²) in [5.41, 5.74) is 0.845. The quantitative estimate of drug-likeness (QED) is 0.519. The lowest BCUT2D eigenvalue weighted by Crippen LogP contribution is -2.36. The maximum Gasteiger partial charge on any atom is 0.267 e. The number of pyridine rings is 1. The van der Waals surface area contributed by atoms with Crippen LogP contribution in [-0.2, 0) is 9.53 Å². The van der Waals surface area contributed by atoms with Crippen LogP contribution in [0.25, 0.3) is 11.7 Å². The molecule has 1 amide bonds. The molecule has 2 saturated heterocycles. The van der Waals surface area contributed by atoms with Crippen LogP contribution >= 0.6 is 24.0 Å². The molecule has 30 heavy (non-hydrogen) atoms. The first-order valence-electron chi connectivity index (χ1n) is 10.00. The Morgan fingerprint density at radius 2 is 2.07 bits per heavy atom. The average molecular weight is 445 g/mol. The van der Waals surface area contributed by atoms with Crippen molar-refractivity contribution in [2.45, 2.75) is 19.8 Å². The highest BCUT2D eigenvalue weighted by molar-refractivity contribution is 8.26. The van der Waals surface area contributed by atoms with Crippen LogP contribution in [0.1, 0.15) is 25.3 Å². The zero-order valence-corrected chi connectivity index (χ0v) is 18.7. The number of hydrogen-bond donors (Lipinski definition) is 0. The highest BCUT2D eigenvalue weighted by Gasteiger charge is 2.33. The van der Waals surface area contributed by atoms with Crippen molar-refractivity contribution in [1.82, 2.24) is 14.3 Å². The molecule has 2 fully saturated rings. The number of carbonyl (C=O) groups excluding carboxylic acids is 1. The van der Waals surface area contributed by atoms with E-state index in [9.17, 15) is 9.59 Å². The van der Waals surface area contributed by atoms with Crippen molar-refractivity contribution in [3.8, 4) is 0 Å². The summed E-state index contributed by atoms with van der Waals surface area (Å²) in [6.07, 6.45) is 5.46. The minimum atomic E-state index is -0.196. The summed E-state index contributed by atoms with van der Waals surface area (Å²) in [6, 6.07) is 5.49. The van der Waals surface area contributed by atoms with Gasteiger partial charge >= 0.3 is 0 Å². The van der Waals surface area contributed by atoms with Crippen molar-refractivity contribution in [1.29, 1.82) is 0 Å². The molecule has 0 aromatic carbocycles. The zero-order valence-electron chi connectivity index (χ0n) is 17.0. The Labute approximate surface area is 184 Å².